The van der Waals surface area contributed by atoms with E-state index in [1.165, 1.54) is 12.0 Å². The van der Waals surface area contributed by atoms with Crippen LogP contribution in [0, 0.1) is 0 Å². The van der Waals surface area contributed by atoms with E-state index in [-0.39, 0.29) is 0 Å². The third-order valence-corrected chi connectivity index (χ3v) is 2.95. The van der Waals surface area contributed by atoms with Gasteiger partial charge in [-0.15, -0.1) is 0 Å². The second-order valence-corrected chi connectivity index (χ2v) is 4.40. The molecule has 0 saturated carbocycles. The Kier molecular flexibility index (Phi) is 11.6. The first-order chi connectivity index (χ1) is 10.8. The second kappa shape index (κ2) is 12.8. The summed E-state index contributed by atoms with van der Waals surface area (Å²) in [7, 11) is 1.93. The number of anilines is 3. The summed E-state index contributed by atoms with van der Waals surface area (Å²) in [6, 6.07) is 16.9. The lowest BCUT2D eigenvalue weighted by Crippen LogP contribution is -1.92. The Balaban J connectivity index is 0.00000102. The lowest BCUT2D eigenvalue weighted by molar-refractivity contribution is 0.922. The third kappa shape index (κ3) is 7.16. The molecule has 0 unspecified atom stereocenters. The van der Waals surface area contributed by atoms with Gasteiger partial charge in [-0.25, -0.2) is 0 Å². The average molecular weight is 300 g/mol. The molecule has 0 amide bonds. The Morgan fingerprint density at radius 2 is 1.09 bits per heavy atom. The molecular formula is C20H32N2. The van der Waals surface area contributed by atoms with Crippen molar-refractivity contribution in [3.05, 3.63) is 54.1 Å². The van der Waals surface area contributed by atoms with E-state index in [9.17, 15) is 0 Å². The van der Waals surface area contributed by atoms with Crippen molar-refractivity contribution in [1.82, 2.24) is 0 Å². The molecule has 0 saturated heterocycles. The van der Waals surface area contributed by atoms with Crippen LogP contribution in [0.1, 0.15) is 46.6 Å². The molecule has 0 atom stereocenters. The number of aryl methyl sites for hydroxylation is 1. The van der Waals surface area contributed by atoms with Crippen LogP contribution in [0.15, 0.2) is 48.5 Å². The van der Waals surface area contributed by atoms with E-state index < -0.39 is 0 Å². The average Bonchev–Trinajstić information content (AvgIpc) is 2.61. The van der Waals surface area contributed by atoms with E-state index in [1.54, 1.807) is 0 Å². The van der Waals surface area contributed by atoms with Crippen LogP contribution in [-0.4, -0.2) is 7.05 Å². The van der Waals surface area contributed by atoms with Gasteiger partial charge in [0.15, 0.2) is 0 Å². The Bertz CT molecular complexity index is 472. The first kappa shape index (κ1) is 20.0. The zero-order valence-electron chi connectivity index (χ0n) is 15.0. The van der Waals surface area contributed by atoms with Gasteiger partial charge in [-0.05, 0) is 48.4 Å². The van der Waals surface area contributed by atoms with Crippen LogP contribution in [0.25, 0.3) is 0 Å². The molecule has 2 aromatic carbocycles. The van der Waals surface area contributed by atoms with Gasteiger partial charge in [-0.1, -0.05) is 53.2 Å². The van der Waals surface area contributed by atoms with Crippen LogP contribution in [0.4, 0.5) is 17.1 Å². The molecule has 22 heavy (non-hydrogen) atoms. The Morgan fingerprint density at radius 1 is 0.682 bits per heavy atom. The van der Waals surface area contributed by atoms with Crippen molar-refractivity contribution in [2.75, 3.05) is 17.7 Å². The van der Waals surface area contributed by atoms with E-state index >= 15 is 0 Å². The zero-order valence-corrected chi connectivity index (χ0v) is 15.0. The SMILES string of the molecule is CC.CC.CCCc1ccc(Nc2ccc(NC)cc2)cc1. The topological polar surface area (TPSA) is 24.1 Å². The van der Waals surface area contributed by atoms with Crippen molar-refractivity contribution in [2.45, 2.75) is 47.5 Å². The molecule has 0 bridgehead atoms. The Hall–Kier alpha value is -1.96. The molecule has 0 fully saturated rings. The minimum Gasteiger partial charge on any atom is -0.388 e. The van der Waals surface area contributed by atoms with Crippen LogP contribution in [0.3, 0.4) is 0 Å². The molecular weight excluding hydrogens is 268 g/mol. The summed E-state index contributed by atoms with van der Waals surface area (Å²) in [4.78, 5) is 0. The van der Waals surface area contributed by atoms with Gasteiger partial charge in [0, 0.05) is 24.1 Å². The fourth-order valence-electron chi connectivity index (χ4n) is 1.93. The van der Waals surface area contributed by atoms with Gasteiger partial charge < -0.3 is 10.6 Å². The van der Waals surface area contributed by atoms with E-state index in [1.807, 2.05) is 34.7 Å². The van der Waals surface area contributed by atoms with Crippen molar-refractivity contribution >= 4 is 17.1 Å². The molecule has 2 heteroatoms. The van der Waals surface area contributed by atoms with Gasteiger partial charge in [-0.3, -0.25) is 0 Å². The molecule has 2 rings (SSSR count). The summed E-state index contributed by atoms with van der Waals surface area (Å²) in [5, 5.41) is 6.51. The lowest BCUT2D eigenvalue weighted by atomic mass is 10.1. The maximum absolute atomic E-state index is 3.40. The zero-order chi connectivity index (χ0) is 16.8. The highest BCUT2D eigenvalue weighted by atomic mass is 14.9. The summed E-state index contributed by atoms with van der Waals surface area (Å²) < 4.78 is 0. The van der Waals surface area contributed by atoms with Crippen LogP contribution in [0.2, 0.25) is 0 Å². The van der Waals surface area contributed by atoms with Gasteiger partial charge in [0.05, 0.1) is 0 Å². The van der Waals surface area contributed by atoms with Gasteiger partial charge >= 0.3 is 0 Å². The molecule has 0 heterocycles. The molecule has 0 aliphatic heterocycles. The highest BCUT2D eigenvalue weighted by Crippen LogP contribution is 2.19. The number of nitrogens with one attached hydrogen (secondary N) is 2. The van der Waals surface area contributed by atoms with Gasteiger partial charge in [0.25, 0.3) is 0 Å². The van der Waals surface area contributed by atoms with E-state index in [0.717, 1.165) is 23.5 Å². The van der Waals surface area contributed by atoms with Gasteiger partial charge in [0.1, 0.15) is 0 Å². The molecule has 0 aromatic heterocycles. The number of hydrogen-bond acceptors (Lipinski definition) is 2. The van der Waals surface area contributed by atoms with Crippen molar-refractivity contribution in [3.8, 4) is 0 Å². The molecule has 2 N–H and O–H groups in total. The number of benzene rings is 2. The van der Waals surface area contributed by atoms with E-state index in [2.05, 4.69) is 66.1 Å². The minimum absolute atomic E-state index is 1.11. The lowest BCUT2D eigenvalue weighted by Gasteiger charge is -2.08. The first-order valence-corrected chi connectivity index (χ1v) is 8.45. The van der Waals surface area contributed by atoms with Crippen molar-refractivity contribution in [2.24, 2.45) is 0 Å². The van der Waals surface area contributed by atoms with Crippen LogP contribution < -0.4 is 10.6 Å². The summed E-state index contributed by atoms with van der Waals surface area (Å²) >= 11 is 0. The number of hydrogen-bond donors (Lipinski definition) is 2. The maximum atomic E-state index is 3.40. The monoisotopic (exact) mass is 300 g/mol. The molecule has 0 aliphatic carbocycles. The maximum Gasteiger partial charge on any atom is 0.0385 e. The highest BCUT2D eigenvalue weighted by molar-refractivity contribution is 5.62. The third-order valence-electron chi connectivity index (χ3n) is 2.95. The van der Waals surface area contributed by atoms with Crippen LogP contribution in [-0.2, 0) is 6.42 Å². The quantitative estimate of drug-likeness (QED) is 0.660. The summed E-state index contributed by atoms with van der Waals surface area (Å²) in [6.07, 6.45) is 2.34. The molecule has 0 spiro atoms. The molecule has 122 valence electrons. The molecule has 0 radical (unpaired) electrons. The summed E-state index contributed by atoms with van der Waals surface area (Å²) in [6.45, 7) is 10.2. The normalized spacial score (nSPS) is 8.82. The van der Waals surface area contributed by atoms with Crippen molar-refractivity contribution in [3.63, 3.8) is 0 Å². The van der Waals surface area contributed by atoms with Gasteiger partial charge in [0.2, 0.25) is 0 Å². The summed E-state index contributed by atoms with van der Waals surface area (Å²) in [5.41, 5.74) is 4.76. The minimum atomic E-state index is 1.11. The van der Waals surface area contributed by atoms with E-state index in [0.29, 0.717) is 0 Å². The summed E-state index contributed by atoms with van der Waals surface area (Å²) in [5.74, 6) is 0. The van der Waals surface area contributed by atoms with Crippen molar-refractivity contribution < 1.29 is 0 Å². The fourth-order valence-corrected chi connectivity index (χ4v) is 1.93. The fraction of sp³-hybridized carbons (Fsp3) is 0.400. The second-order valence-electron chi connectivity index (χ2n) is 4.40. The molecule has 2 aromatic rings. The van der Waals surface area contributed by atoms with Crippen molar-refractivity contribution in [1.29, 1.82) is 0 Å². The first-order valence-electron chi connectivity index (χ1n) is 8.45. The largest absolute Gasteiger partial charge is 0.388 e. The Morgan fingerprint density at radius 3 is 1.50 bits per heavy atom. The van der Waals surface area contributed by atoms with Crippen LogP contribution in [0.5, 0.6) is 0 Å². The number of rotatable bonds is 5. The Labute approximate surface area is 137 Å². The predicted molar refractivity (Wildman–Crippen MR) is 102 cm³/mol. The highest BCUT2D eigenvalue weighted by Gasteiger charge is 1.96. The smallest absolute Gasteiger partial charge is 0.0385 e. The molecule has 0 aliphatic rings. The predicted octanol–water partition coefficient (Wildman–Crippen LogP) is 6.48. The standard InChI is InChI=1S/C16H20N2.2C2H6/c1-3-4-13-5-7-15(8-6-13)18-16-11-9-14(17-2)10-12-16;2*1-2/h5-12,17-18H,3-4H2,1-2H3;2*1-2H3. The van der Waals surface area contributed by atoms with Crippen LogP contribution >= 0.6 is 0 Å². The molecule has 2 nitrogen and oxygen atoms in total. The van der Waals surface area contributed by atoms with E-state index in [4.69, 9.17) is 0 Å². The van der Waals surface area contributed by atoms with Gasteiger partial charge in [-0.2, -0.15) is 0 Å².